The quantitative estimate of drug-likeness (QED) is 0.166. The second-order valence-corrected chi connectivity index (χ2v) is 23.1. The molecule has 0 radical (unpaired) electrons. The van der Waals surface area contributed by atoms with Gasteiger partial charge in [0.1, 0.15) is 29.7 Å². The van der Waals surface area contributed by atoms with Crippen LogP contribution in [-0.4, -0.2) is 94.0 Å². The van der Waals surface area contributed by atoms with Crippen LogP contribution in [0.15, 0.2) is 36.9 Å². The van der Waals surface area contributed by atoms with Crippen LogP contribution in [0.25, 0.3) is 0 Å². The molecular formula is C41H66O9Si. The van der Waals surface area contributed by atoms with Crippen LogP contribution in [0.5, 0.6) is 5.75 Å². The zero-order chi connectivity index (χ0) is 37.1. The molecule has 9 nitrogen and oxygen atoms in total. The summed E-state index contributed by atoms with van der Waals surface area (Å²) in [6, 6.07) is 8.03. The Morgan fingerprint density at radius 3 is 2.12 bits per heavy atom. The SMILES string of the molecule is C=C[C@H](C)[C@@H]1O[C@@]2(C)[C@H](C[C@H]1OCc1ccc(OC)cc1)O[C@@H]1C[C@]3(C)O[C@@H]4COC(C)(C)O[C@H]4C[C@H]3O[C@H]1[C@@H]2O[Si](C(C)C)(C(C)C)C(C)C. The molecule has 10 heteroatoms. The molecular weight excluding hydrogens is 665 g/mol. The van der Waals surface area contributed by atoms with Crippen molar-refractivity contribution in [1.82, 2.24) is 0 Å². The fraction of sp³-hybridized carbons (Fsp3) is 0.805. The van der Waals surface area contributed by atoms with Crippen molar-refractivity contribution in [1.29, 1.82) is 0 Å². The fourth-order valence-corrected chi connectivity index (χ4v) is 15.7. The molecule has 1 aromatic carbocycles. The molecule has 5 saturated heterocycles. The molecule has 0 unspecified atom stereocenters. The highest BCUT2D eigenvalue weighted by molar-refractivity contribution is 6.77. The molecule has 0 amide bonds. The van der Waals surface area contributed by atoms with E-state index in [9.17, 15) is 0 Å². The van der Waals surface area contributed by atoms with E-state index in [2.05, 4.69) is 68.9 Å². The smallest absolute Gasteiger partial charge is 0.201 e. The van der Waals surface area contributed by atoms with Gasteiger partial charge in [-0.25, -0.2) is 0 Å². The minimum atomic E-state index is -2.42. The minimum absolute atomic E-state index is 0.0394. The number of hydrogen-bond acceptors (Lipinski definition) is 9. The summed E-state index contributed by atoms with van der Waals surface area (Å²) in [5, 5.41) is 0. The third-order valence-electron chi connectivity index (χ3n) is 12.9. The van der Waals surface area contributed by atoms with Crippen LogP contribution in [0.4, 0.5) is 0 Å². The molecule has 5 aliphatic heterocycles. The van der Waals surface area contributed by atoms with Crippen LogP contribution >= 0.6 is 0 Å². The fourth-order valence-electron chi connectivity index (χ4n) is 10.1. The molecule has 5 aliphatic rings. The maximum absolute atomic E-state index is 7.84. The van der Waals surface area contributed by atoms with Crippen LogP contribution in [0.1, 0.15) is 101 Å². The maximum Gasteiger partial charge on any atom is 0.201 e. The van der Waals surface area contributed by atoms with Gasteiger partial charge >= 0.3 is 0 Å². The molecule has 1 aromatic rings. The molecule has 6 rings (SSSR count). The van der Waals surface area contributed by atoms with Gasteiger partial charge in [0, 0.05) is 25.2 Å². The Hall–Kier alpha value is -1.34. The molecule has 0 bridgehead atoms. The van der Waals surface area contributed by atoms with E-state index in [1.54, 1.807) is 7.11 Å². The van der Waals surface area contributed by atoms with Crippen molar-refractivity contribution < 1.29 is 42.3 Å². The van der Waals surface area contributed by atoms with Crippen LogP contribution in [0.3, 0.4) is 0 Å². The first-order valence-corrected chi connectivity index (χ1v) is 21.6. The van der Waals surface area contributed by atoms with Gasteiger partial charge in [-0.1, -0.05) is 66.7 Å². The van der Waals surface area contributed by atoms with Gasteiger partial charge in [0.25, 0.3) is 0 Å². The zero-order valence-corrected chi connectivity index (χ0v) is 34.3. The summed E-state index contributed by atoms with van der Waals surface area (Å²) in [6.07, 6.45) is 1.93. The lowest BCUT2D eigenvalue weighted by Gasteiger charge is -2.64. The van der Waals surface area contributed by atoms with E-state index in [-0.39, 0.29) is 60.9 Å². The van der Waals surface area contributed by atoms with Crippen molar-refractivity contribution in [2.45, 2.75) is 191 Å². The first kappa shape index (κ1) is 39.4. The summed E-state index contributed by atoms with van der Waals surface area (Å²) < 4.78 is 61.1. The van der Waals surface area contributed by atoms with Gasteiger partial charge < -0.3 is 42.3 Å². The van der Waals surface area contributed by atoms with E-state index < -0.39 is 25.3 Å². The molecule has 12 atom stereocenters. The van der Waals surface area contributed by atoms with Gasteiger partial charge in [0.05, 0.1) is 62.5 Å². The molecule has 5 fully saturated rings. The summed E-state index contributed by atoms with van der Waals surface area (Å²) >= 11 is 0. The number of rotatable bonds is 11. The van der Waals surface area contributed by atoms with Gasteiger partial charge in [-0.2, -0.15) is 0 Å². The monoisotopic (exact) mass is 730 g/mol. The number of ether oxygens (including phenoxy) is 8. The Balaban J connectivity index is 1.35. The van der Waals surface area contributed by atoms with Gasteiger partial charge in [0.2, 0.25) is 8.32 Å². The van der Waals surface area contributed by atoms with E-state index in [4.69, 9.17) is 42.3 Å². The van der Waals surface area contributed by atoms with Gasteiger partial charge in [0.15, 0.2) is 5.79 Å². The molecule has 0 spiro atoms. The summed E-state index contributed by atoms with van der Waals surface area (Å²) in [7, 11) is -0.736. The number of fused-ring (bicyclic) bond motifs is 4. The van der Waals surface area contributed by atoms with Crippen LogP contribution in [0, 0.1) is 5.92 Å². The topological polar surface area (TPSA) is 83.1 Å². The van der Waals surface area contributed by atoms with Crippen LogP contribution in [-0.2, 0) is 44.2 Å². The normalized spacial score (nSPS) is 39.9. The Morgan fingerprint density at radius 1 is 0.843 bits per heavy atom. The molecule has 0 saturated carbocycles. The van der Waals surface area contributed by atoms with E-state index in [0.29, 0.717) is 42.7 Å². The van der Waals surface area contributed by atoms with Crippen molar-refractivity contribution in [2.24, 2.45) is 5.92 Å². The van der Waals surface area contributed by atoms with Gasteiger partial charge in [-0.3, -0.25) is 0 Å². The van der Waals surface area contributed by atoms with Crippen molar-refractivity contribution in [3.05, 3.63) is 42.5 Å². The summed E-state index contributed by atoms with van der Waals surface area (Å²) in [4.78, 5) is 0. The lowest BCUT2D eigenvalue weighted by atomic mass is 9.72. The number of hydrogen-bond donors (Lipinski definition) is 0. The van der Waals surface area contributed by atoms with Crippen molar-refractivity contribution >= 4 is 8.32 Å². The average Bonchev–Trinajstić information content (AvgIpc) is 3.06. The van der Waals surface area contributed by atoms with Crippen LogP contribution in [0.2, 0.25) is 16.6 Å². The highest BCUT2D eigenvalue weighted by Gasteiger charge is 2.67. The summed E-state index contributed by atoms with van der Waals surface area (Å²) in [6.45, 7) is 29.7. The lowest BCUT2D eigenvalue weighted by Crippen LogP contribution is -2.77. The Morgan fingerprint density at radius 2 is 1.51 bits per heavy atom. The molecule has 0 aliphatic carbocycles. The first-order valence-electron chi connectivity index (χ1n) is 19.5. The average molecular weight is 731 g/mol. The molecule has 0 aromatic heterocycles. The third kappa shape index (κ3) is 7.28. The number of benzene rings is 1. The van der Waals surface area contributed by atoms with Crippen molar-refractivity contribution in [3.63, 3.8) is 0 Å². The Bertz CT molecular complexity index is 1330. The molecule has 51 heavy (non-hydrogen) atoms. The standard InChI is InChI=1S/C41H66O9Si/c1-14-27(8)36-31(43-22-28-15-17-29(42-13)18-16-28)20-35-41(12,49-36)38(50-51(24(2)3,25(4)5)26(6)7)37-32(45-35)21-40(11)34(46-37)19-30-33(48-40)23-44-39(9,10)47-30/h14-18,24-27,30-38H,1,19-23H2,2-13H3/t27-,30-,31+,32+,33+,34+,35-,36-,37+,38-,40-,41-/m0/s1. The first-order chi connectivity index (χ1) is 24.0. The maximum atomic E-state index is 7.84. The summed E-state index contributed by atoms with van der Waals surface area (Å²) in [5.41, 5.74) is 0.892. The minimum Gasteiger partial charge on any atom is -0.497 e. The second kappa shape index (κ2) is 14.7. The van der Waals surface area contributed by atoms with E-state index >= 15 is 0 Å². The van der Waals surface area contributed by atoms with Gasteiger partial charge in [-0.05, 0) is 62.0 Å². The van der Waals surface area contributed by atoms with Gasteiger partial charge in [-0.15, -0.1) is 6.58 Å². The zero-order valence-electron chi connectivity index (χ0n) is 33.3. The number of methoxy groups -OCH3 is 1. The Kier molecular flexibility index (Phi) is 11.4. The van der Waals surface area contributed by atoms with E-state index in [1.165, 1.54) is 0 Å². The molecule has 5 heterocycles. The third-order valence-corrected chi connectivity index (χ3v) is 19.0. The molecule has 0 N–H and O–H groups in total. The predicted molar refractivity (Wildman–Crippen MR) is 199 cm³/mol. The van der Waals surface area contributed by atoms with E-state index in [1.807, 2.05) is 44.2 Å². The highest BCUT2D eigenvalue weighted by Crippen LogP contribution is 2.54. The second-order valence-electron chi connectivity index (χ2n) is 17.7. The lowest BCUT2D eigenvalue weighted by molar-refractivity contribution is -0.394. The van der Waals surface area contributed by atoms with Crippen molar-refractivity contribution in [3.8, 4) is 5.75 Å². The van der Waals surface area contributed by atoms with Crippen LogP contribution < -0.4 is 4.74 Å². The largest absolute Gasteiger partial charge is 0.497 e. The predicted octanol–water partition coefficient (Wildman–Crippen LogP) is 8.13. The van der Waals surface area contributed by atoms with Crippen molar-refractivity contribution in [2.75, 3.05) is 13.7 Å². The van der Waals surface area contributed by atoms with E-state index in [0.717, 1.165) is 17.7 Å². The Labute approximate surface area is 308 Å². The summed E-state index contributed by atoms with van der Waals surface area (Å²) in [5.74, 6) is 0.202. The molecule has 288 valence electrons. The highest BCUT2D eigenvalue weighted by atomic mass is 28.4.